The molecule has 1 unspecified atom stereocenters. The Morgan fingerprint density at radius 2 is 1.77 bits per heavy atom. The maximum Gasteiger partial charge on any atom is 0.274 e. The second-order valence-electron chi connectivity index (χ2n) is 8.09. The molecule has 1 amide bonds. The Morgan fingerprint density at radius 3 is 2.46 bits per heavy atom. The number of amides is 1. The van der Waals surface area contributed by atoms with Gasteiger partial charge in [-0.15, -0.1) is 6.58 Å². The Balaban J connectivity index is 1.61. The molecule has 0 spiro atoms. The Hall–Kier alpha value is -1.62. The summed E-state index contributed by atoms with van der Waals surface area (Å²) in [5.41, 5.74) is 3.23. The van der Waals surface area contributed by atoms with E-state index in [1.54, 1.807) is 0 Å². The Kier molecular flexibility index (Phi) is 5.44. The highest BCUT2D eigenvalue weighted by Gasteiger charge is 2.33. The summed E-state index contributed by atoms with van der Waals surface area (Å²) in [5, 5.41) is 4.78. The van der Waals surface area contributed by atoms with Crippen molar-refractivity contribution in [1.29, 1.82) is 0 Å². The van der Waals surface area contributed by atoms with E-state index in [2.05, 4.69) is 11.5 Å². The topological polar surface area (TPSA) is 41.4 Å². The molecule has 1 aromatic rings. The van der Waals surface area contributed by atoms with Gasteiger partial charge in [0.2, 0.25) is 0 Å². The zero-order chi connectivity index (χ0) is 17.9. The van der Waals surface area contributed by atoms with Crippen molar-refractivity contribution in [1.82, 2.24) is 19.6 Å². The minimum absolute atomic E-state index is 0.160. The maximum atomic E-state index is 13.3. The SMILES string of the molecule is C=CCn1nc(C(=O)N2CCCCCC2)c2c1CCC(N1CCCC1)C2. The highest BCUT2D eigenvalue weighted by molar-refractivity contribution is 5.94. The molecule has 26 heavy (non-hydrogen) atoms. The van der Waals surface area contributed by atoms with Crippen LogP contribution in [0.15, 0.2) is 12.7 Å². The highest BCUT2D eigenvalue weighted by Crippen LogP contribution is 2.30. The summed E-state index contributed by atoms with van der Waals surface area (Å²) in [5.74, 6) is 0.160. The van der Waals surface area contributed by atoms with Gasteiger partial charge in [0, 0.05) is 30.4 Å². The Labute approximate surface area is 157 Å². The quantitative estimate of drug-likeness (QED) is 0.779. The van der Waals surface area contributed by atoms with Gasteiger partial charge >= 0.3 is 0 Å². The molecule has 0 aromatic carbocycles. The Bertz CT molecular complexity index is 651. The van der Waals surface area contributed by atoms with Crippen molar-refractivity contribution >= 4 is 5.91 Å². The third-order valence-corrected chi connectivity index (χ3v) is 6.38. The van der Waals surface area contributed by atoms with Gasteiger partial charge in [0.15, 0.2) is 5.69 Å². The first-order valence-corrected chi connectivity index (χ1v) is 10.5. The van der Waals surface area contributed by atoms with Gasteiger partial charge in [0.05, 0.1) is 6.54 Å². The van der Waals surface area contributed by atoms with E-state index in [1.165, 1.54) is 56.5 Å². The molecule has 1 aliphatic carbocycles. The first-order chi connectivity index (χ1) is 12.8. The molecule has 0 saturated carbocycles. The summed E-state index contributed by atoms with van der Waals surface area (Å²) in [4.78, 5) is 18.0. The minimum Gasteiger partial charge on any atom is -0.337 e. The van der Waals surface area contributed by atoms with Crippen LogP contribution < -0.4 is 0 Å². The molecule has 1 aromatic heterocycles. The zero-order valence-corrected chi connectivity index (χ0v) is 16.0. The van der Waals surface area contributed by atoms with Crippen LogP contribution in [-0.4, -0.2) is 57.7 Å². The number of hydrogen-bond donors (Lipinski definition) is 0. The third-order valence-electron chi connectivity index (χ3n) is 6.38. The van der Waals surface area contributed by atoms with Gasteiger partial charge in [-0.2, -0.15) is 5.10 Å². The third kappa shape index (κ3) is 3.46. The molecule has 5 nitrogen and oxygen atoms in total. The number of rotatable bonds is 4. The lowest BCUT2D eigenvalue weighted by Gasteiger charge is -2.31. The van der Waals surface area contributed by atoms with E-state index < -0.39 is 0 Å². The van der Waals surface area contributed by atoms with Crippen LogP contribution in [0.5, 0.6) is 0 Å². The summed E-state index contributed by atoms with van der Waals surface area (Å²) >= 11 is 0. The average Bonchev–Trinajstić information content (AvgIpc) is 3.22. The second kappa shape index (κ2) is 7.95. The number of aromatic nitrogens is 2. The molecule has 0 radical (unpaired) electrons. The largest absolute Gasteiger partial charge is 0.337 e. The van der Waals surface area contributed by atoms with Crippen LogP contribution in [0.2, 0.25) is 0 Å². The fraction of sp³-hybridized carbons (Fsp3) is 0.714. The number of fused-ring (bicyclic) bond motifs is 1. The summed E-state index contributed by atoms with van der Waals surface area (Å²) < 4.78 is 2.04. The molecule has 3 heterocycles. The Morgan fingerprint density at radius 1 is 1.08 bits per heavy atom. The van der Waals surface area contributed by atoms with Crippen LogP contribution in [-0.2, 0) is 19.4 Å². The smallest absolute Gasteiger partial charge is 0.274 e. The van der Waals surface area contributed by atoms with Gasteiger partial charge in [-0.3, -0.25) is 9.48 Å². The molecule has 0 N–H and O–H groups in total. The average molecular weight is 357 g/mol. The number of carbonyl (C=O) groups excluding carboxylic acids is 1. The first-order valence-electron chi connectivity index (χ1n) is 10.5. The number of hydrogen-bond acceptors (Lipinski definition) is 3. The highest BCUT2D eigenvalue weighted by atomic mass is 16.2. The van der Waals surface area contributed by atoms with Gasteiger partial charge in [-0.25, -0.2) is 0 Å². The summed E-state index contributed by atoms with van der Waals surface area (Å²) in [6.07, 6.45) is 12.5. The molecule has 1 atom stereocenters. The fourth-order valence-corrected chi connectivity index (χ4v) is 4.96. The van der Waals surface area contributed by atoms with Crippen LogP contribution in [0, 0.1) is 0 Å². The molecule has 2 fully saturated rings. The zero-order valence-electron chi connectivity index (χ0n) is 16.0. The summed E-state index contributed by atoms with van der Waals surface area (Å²) in [6, 6.07) is 0.585. The van der Waals surface area contributed by atoms with E-state index in [0.717, 1.165) is 44.5 Å². The number of carbonyl (C=O) groups is 1. The molecule has 2 saturated heterocycles. The van der Waals surface area contributed by atoms with E-state index in [0.29, 0.717) is 12.6 Å². The minimum atomic E-state index is 0.160. The standard InChI is InChI=1S/C21H32N4O/c1-2-11-25-19-10-9-17(23-12-7-8-13-23)16-18(19)20(22-25)21(26)24-14-5-3-4-6-15-24/h2,17H,1,3-16H2. The van der Waals surface area contributed by atoms with Gasteiger partial charge in [0.1, 0.15) is 0 Å². The summed E-state index contributed by atoms with van der Waals surface area (Å²) in [6.45, 7) is 8.78. The molecule has 4 rings (SSSR count). The molecular weight excluding hydrogens is 324 g/mol. The van der Waals surface area contributed by atoms with Crippen LogP contribution in [0.3, 0.4) is 0 Å². The van der Waals surface area contributed by atoms with Crippen LogP contribution in [0.25, 0.3) is 0 Å². The van der Waals surface area contributed by atoms with Gasteiger partial charge in [0.25, 0.3) is 5.91 Å². The molecular formula is C21H32N4O. The molecule has 3 aliphatic rings. The predicted molar refractivity (Wildman–Crippen MR) is 103 cm³/mol. The number of allylic oxidation sites excluding steroid dienone is 1. The van der Waals surface area contributed by atoms with Gasteiger partial charge in [-0.05, 0) is 58.0 Å². The molecule has 0 bridgehead atoms. The van der Waals surface area contributed by atoms with Crippen molar-refractivity contribution in [2.24, 2.45) is 0 Å². The van der Waals surface area contributed by atoms with E-state index in [9.17, 15) is 4.79 Å². The summed E-state index contributed by atoms with van der Waals surface area (Å²) in [7, 11) is 0. The first kappa shape index (κ1) is 17.8. The van der Waals surface area contributed by atoms with E-state index in [4.69, 9.17) is 5.10 Å². The lowest BCUT2D eigenvalue weighted by Crippen LogP contribution is -2.38. The number of nitrogens with zero attached hydrogens (tertiary/aromatic N) is 4. The van der Waals surface area contributed by atoms with Crippen molar-refractivity contribution < 1.29 is 4.79 Å². The van der Waals surface area contributed by atoms with E-state index in [-0.39, 0.29) is 5.91 Å². The molecule has 142 valence electrons. The number of likely N-dealkylation sites (tertiary alicyclic amines) is 2. The van der Waals surface area contributed by atoms with Crippen LogP contribution >= 0.6 is 0 Å². The van der Waals surface area contributed by atoms with Gasteiger partial charge in [-0.1, -0.05) is 18.9 Å². The van der Waals surface area contributed by atoms with Crippen molar-refractivity contribution in [2.75, 3.05) is 26.2 Å². The van der Waals surface area contributed by atoms with Crippen LogP contribution in [0.4, 0.5) is 0 Å². The predicted octanol–water partition coefficient (Wildman–Crippen LogP) is 3.04. The van der Waals surface area contributed by atoms with Crippen LogP contribution in [0.1, 0.15) is 66.7 Å². The maximum absolute atomic E-state index is 13.3. The molecule has 2 aliphatic heterocycles. The van der Waals surface area contributed by atoms with Crippen molar-refractivity contribution in [2.45, 2.75) is 70.4 Å². The van der Waals surface area contributed by atoms with Gasteiger partial charge < -0.3 is 9.80 Å². The van der Waals surface area contributed by atoms with Crippen molar-refractivity contribution in [3.05, 3.63) is 29.6 Å². The fourth-order valence-electron chi connectivity index (χ4n) is 4.96. The lowest BCUT2D eigenvalue weighted by atomic mass is 9.90. The lowest BCUT2D eigenvalue weighted by molar-refractivity contribution is 0.0753. The second-order valence-corrected chi connectivity index (χ2v) is 8.09. The monoisotopic (exact) mass is 356 g/mol. The van der Waals surface area contributed by atoms with Crippen molar-refractivity contribution in [3.63, 3.8) is 0 Å². The molecule has 5 heteroatoms. The van der Waals surface area contributed by atoms with Crippen molar-refractivity contribution in [3.8, 4) is 0 Å². The normalized spacial score (nSPS) is 24.3. The van der Waals surface area contributed by atoms with E-state index in [1.807, 2.05) is 15.7 Å². The van der Waals surface area contributed by atoms with E-state index >= 15 is 0 Å².